The number of hydrogen-bond acceptors (Lipinski definition) is 6. The molecule has 0 radical (unpaired) electrons. The molecule has 1 fully saturated rings. The van der Waals surface area contributed by atoms with Crippen LogP contribution < -0.4 is 5.32 Å². The molecule has 6 nitrogen and oxygen atoms in total. The number of ether oxygens (including phenoxy) is 1. The number of carbonyl (C=O) groups excluding carboxylic acids is 1. The Morgan fingerprint density at radius 1 is 1.24 bits per heavy atom. The standard InChI is InChI=1S/C21H22ClN3O3S/c1-14-2-7-19(28-14)18(25-8-10-27-11-9-25)12-23-20(26)17-13-29-21(24-17)15-3-5-16(22)6-4-15/h2-7,13,18H,8-12H2,1H3,(H,23,26)/t18-/m1/s1. The molecule has 0 saturated carbocycles. The number of nitrogens with one attached hydrogen (secondary N) is 1. The van der Waals surface area contributed by atoms with E-state index in [-0.39, 0.29) is 11.9 Å². The van der Waals surface area contributed by atoms with Crippen molar-refractivity contribution >= 4 is 28.8 Å². The smallest absolute Gasteiger partial charge is 0.270 e. The summed E-state index contributed by atoms with van der Waals surface area (Å²) in [5.74, 6) is 1.52. The predicted octanol–water partition coefficient (Wildman–Crippen LogP) is 4.17. The van der Waals surface area contributed by atoms with Crippen LogP contribution in [0.3, 0.4) is 0 Å². The number of nitrogens with zero attached hydrogens (tertiary/aromatic N) is 2. The van der Waals surface area contributed by atoms with Crippen LogP contribution >= 0.6 is 22.9 Å². The summed E-state index contributed by atoms with van der Waals surface area (Å²) in [6, 6.07) is 11.3. The third kappa shape index (κ3) is 4.87. The van der Waals surface area contributed by atoms with Crippen LogP contribution in [-0.4, -0.2) is 48.6 Å². The Kier molecular flexibility index (Phi) is 6.30. The Labute approximate surface area is 178 Å². The van der Waals surface area contributed by atoms with Gasteiger partial charge >= 0.3 is 0 Å². The lowest BCUT2D eigenvalue weighted by Gasteiger charge is -2.33. The number of carbonyl (C=O) groups is 1. The molecule has 4 rings (SSSR count). The number of hydrogen-bond donors (Lipinski definition) is 1. The third-order valence-corrected chi connectivity index (χ3v) is 6.00. The second-order valence-electron chi connectivity index (χ2n) is 6.87. The van der Waals surface area contributed by atoms with Crippen molar-refractivity contribution in [1.29, 1.82) is 0 Å². The van der Waals surface area contributed by atoms with Gasteiger partial charge in [-0.05, 0) is 31.2 Å². The molecule has 1 atom stereocenters. The number of amides is 1. The largest absolute Gasteiger partial charge is 0.465 e. The molecule has 152 valence electrons. The van der Waals surface area contributed by atoms with Gasteiger partial charge in [0.25, 0.3) is 5.91 Å². The Hall–Kier alpha value is -2.19. The van der Waals surface area contributed by atoms with Crippen LogP contribution in [0.25, 0.3) is 10.6 Å². The lowest BCUT2D eigenvalue weighted by molar-refractivity contribution is 0.0117. The molecule has 29 heavy (non-hydrogen) atoms. The average molecular weight is 432 g/mol. The summed E-state index contributed by atoms with van der Waals surface area (Å²) >= 11 is 7.38. The van der Waals surface area contributed by atoms with E-state index in [0.717, 1.165) is 35.2 Å². The maximum atomic E-state index is 12.7. The molecule has 0 spiro atoms. The number of aryl methyl sites for hydroxylation is 1. The zero-order chi connectivity index (χ0) is 20.2. The van der Waals surface area contributed by atoms with Crippen molar-refractivity contribution < 1.29 is 13.9 Å². The Balaban J connectivity index is 1.44. The van der Waals surface area contributed by atoms with Gasteiger partial charge in [0, 0.05) is 35.6 Å². The van der Waals surface area contributed by atoms with Crippen LogP contribution in [0.5, 0.6) is 0 Å². The van der Waals surface area contributed by atoms with Crippen molar-refractivity contribution in [3.8, 4) is 10.6 Å². The zero-order valence-corrected chi connectivity index (χ0v) is 17.6. The highest BCUT2D eigenvalue weighted by Crippen LogP contribution is 2.26. The van der Waals surface area contributed by atoms with Gasteiger partial charge in [0.2, 0.25) is 0 Å². The topological polar surface area (TPSA) is 67.6 Å². The Morgan fingerprint density at radius 2 is 2.00 bits per heavy atom. The van der Waals surface area contributed by atoms with Gasteiger partial charge in [0.05, 0.1) is 19.3 Å². The normalized spacial score (nSPS) is 15.9. The molecule has 1 aliphatic heterocycles. The summed E-state index contributed by atoms with van der Waals surface area (Å²) in [5.41, 5.74) is 1.35. The molecule has 2 aromatic heterocycles. The maximum absolute atomic E-state index is 12.7. The summed E-state index contributed by atoms with van der Waals surface area (Å²) in [7, 11) is 0. The molecule has 3 heterocycles. The average Bonchev–Trinajstić information content (AvgIpc) is 3.39. The van der Waals surface area contributed by atoms with Crippen molar-refractivity contribution in [3.63, 3.8) is 0 Å². The first-order valence-electron chi connectivity index (χ1n) is 9.48. The van der Waals surface area contributed by atoms with Crippen LogP contribution in [0.15, 0.2) is 46.2 Å². The number of furan rings is 1. The van der Waals surface area contributed by atoms with Gasteiger partial charge in [-0.2, -0.15) is 0 Å². The monoisotopic (exact) mass is 431 g/mol. The van der Waals surface area contributed by atoms with Gasteiger partial charge in [-0.3, -0.25) is 9.69 Å². The minimum Gasteiger partial charge on any atom is -0.465 e. The van der Waals surface area contributed by atoms with Crippen LogP contribution in [0.4, 0.5) is 0 Å². The lowest BCUT2D eigenvalue weighted by atomic mass is 10.1. The number of rotatable bonds is 6. The summed E-state index contributed by atoms with van der Waals surface area (Å²) in [6.07, 6.45) is 0. The highest BCUT2D eigenvalue weighted by Gasteiger charge is 2.26. The first-order chi connectivity index (χ1) is 14.1. The molecule has 0 bridgehead atoms. The first kappa shape index (κ1) is 20.1. The highest BCUT2D eigenvalue weighted by atomic mass is 35.5. The molecule has 1 amide bonds. The number of halogens is 1. The van der Waals surface area contributed by atoms with E-state index < -0.39 is 0 Å². The highest BCUT2D eigenvalue weighted by molar-refractivity contribution is 7.13. The summed E-state index contributed by atoms with van der Waals surface area (Å²) in [5, 5.41) is 6.26. The van der Waals surface area contributed by atoms with E-state index in [1.807, 2.05) is 43.3 Å². The molecule has 1 aromatic carbocycles. The minimum atomic E-state index is -0.192. The van der Waals surface area contributed by atoms with Gasteiger partial charge in [-0.1, -0.05) is 23.7 Å². The third-order valence-electron chi connectivity index (χ3n) is 4.86. The summed E-state index contributed by atoms with van der Waals surface area (Å²) in [4.78, 5) is 19.5. The van der Waals surface area contributed by atoms with Crippen LogP contribution in [0, 0.1) is 6.92 Å². The van der Waals surface area contributed by atoms with E-state index in [1.54, 1.807) is 5.38 Å². The Morgan fingerprint density at radius 3 is 2.69 bits per heavy atom. The number of morpholine rings is 1. The zero-order valence-electron chi connectivity index (χ0n) is 16.1. The molecule has 1 saturated heterocycles. The number of thiazole rings is 1. The van der Waals surface area contributed by atoms with E-state index >= 15 is 0 Å². The number of benzene rings is 1. The predicted molar refractivity (Wildman–Crippen MR) is 113 cm³/mol. The quantitative estimate of drug-likeness (QED) is 0.634. The van der Waals surface area contributed by atoms with E-state index in [9.17, 15) is 4.79 Å². The van der Waals surface area contributed by atoms with Crippen LogP contribution in [0.2, 0.25) is 5.02 Å². The second kappa shape index (κ2) is 9.09. The fourth-order valence-electron chi connectivity index (χ4n) is 3.31. The van der Waals surface area contributed by atoms with Crippen LogP contribution in [-0.2, 0) is 4.74 Å². The van der Waals surface area contributed by atoms with Crippen LogP contribution in [0.1, 0.15) is 28.1 Å². The second-order valence-corrected chi connectivity index (χ2v) is 8.16. The van der Waals surface area contributed by atoms with E-state index in [2.05, 4.69) is 15.2 Å². The maximum Gasteiger partial charge on any atom is 0.270 e. The molecular weight excluding hydrogens is 410 g/mol. The van der Waals surface area contributed by atoms with Crippen molar-refractivity contribution in [1.82, 2.24) is 15.2 Å². The van der Waals surface area contributed by atoms with Gasteiger partial charge in [0.15, 0.2) is 0 Å². The minimum absolute atomic E-state index is 0.0362. The van der Waals surface area contributed by atoms with E-state index in [1.165, 1.54) is 11.3 Å². The van der Waals surface area contributed by atoms with Gasteiger partial charge < -0.3 is 14.5 Å². The molecular formula is C21H22ClN3O3S. The van der Waals surface area contributed by atoms with Crippen molar-refractivity contribution in [2.45, 2.75) is 13.0 Å². The van der Waals surface area contributed by atoms with Crippen molar-refractivity contribution in [3.05, 3.63) is 64.0 Å². The molecule has 0 unspecified atom stereocenters. The molecule has 0 aliphatic carbocycles. The number of aromatic nitrogens is 1. The Bertz CT molecular complexity index is 964. The molecule has 1 N–H and O–H groups in total. The van der Waals surface area contributed by atoms with Gasteiger partial charge in [-0.15, -0.1) is 11.3 Å². The molecule has 1 aliphatic rings. The molecule has 8 heteroatoms. The van der Waals surface area contributed by atoms with Gasteiger partial charge in [-0.25, -0.2) is 4.98 Å². The van der Waals surface area contributed by atoms with E-state index in [4.69, 9.17) is 20.8 Å². The van der Waals surface area contributed by atoms with Crippen molar-refractivity contribution in [2.75, 3.05) is 32.8 Å². The lowest BCUT2D eigenvalue weighted by Crippen LogP contribution is -2.43. The SMILES string of the molecule is Cc1ccc([C@@H](CNC(=O)c2csc(-c3ccc(Cl)cc3)n2)N2CCOCC2)o1. The van der Waals surface area contributed by atoms with Gasteiger partial charge in [0.1, 0.15) is 22.2 Å². The molecule has 3 aromatic rings. The van der Waals surface area contributed by atoms with Crippen molar-refractivity contribution in [2.24, 2.45) is 0 Å². The first-order valence-corrected chi connectivity index (χ1v) is 10.7. The fourth-order valence-corrected chi connectivity index (χ4v) is 4.25. The fraction of sp³-hybridized carbons (Fsp3) is 0.333. The summed E-state index contributed by atoms with van der Waals surface area (Å²) in [6.45, 7) is 5.34. The summed E-state index contributed by atoms with van der Waals surface area (Å²) < 4.78 is 11.3. The van der Waals surface area contributed by atoms with E-state index in [0.29, 0.717) is 30.5 Å².